The molecule has 0 saturated carbocycles. The molecule has 2 heterocycles. The fourth-order valence-electron chi connectivity index (χ4n) is 10.0. The van der Waals surface area contributed by atoms with Gasteiger partial charge in [-0.25, -0.2) is 0 Å². The molecule has 0 spiro atoms. The number of furan rings is 1. The summed E-state index contributed by atoms with van der Waals surface area (Å²) in [5.74, 6) is 0. The highest BCUT2D eigenvalue weighted by Crippen LogP contribution is 2.55. The number of para-hydroxylation sites is 2. The van der Waals surface area contributed by atoms with Gasteiger partial charge in [0.15, 0.2) is 0 Å². The van der Waals surface area contributed by atoms with E-state index in [0.717, 1.165) is 50.1 Å². The third-order valence-electron chi connectivity index (χ3n) is 12.8. The van der Waals surface area contributed by atoms with Gasteiger partial charge in [-0.2, -0.15) is 0 Å². The minimum Gasteiger partial charge on any atom is -0.456 e. The Hall–Kier alpha value is -7.62. The van der Waals surface area contributed by atoms with Crippen LogP contribution < -0.4 is 4.90 Å². The van der Waals surface area contributed by atoms with E-state index in [9.17, 15) is 0 Å². The first kappa shape index (κ1) is 34.4. The average Bonchev–Trinajstić information content (AvgIpc) is 3.93. The lowest BCUT2D eigenvalue weighted by molar-refractivity contribution is 0.661. The van der Waals surface area contributed by atoms with E-state index in [4.69, 9.17) is 4.42 Å². The van der Waals surface area contributed by atoms with Gasteiger partial charge in [0.2, 0.25) is 0 Å². The first-order valence-electron chi connectivity index (χ1n) is 20.8. The number of rotatable bonds is 6. The molecule has 0 saturated heterocycles. The van der Waals surface area contributed by atoms with Gasteiger partial charge in [0, 0.05) is 32.9 Å². The van der Waals surface area contributed by atoms with E-state index in [-0.39, 0.29) is 5.41 Å². The highest BCUT2D eigenvalue weighted by molar-refractivity contribution is 6.15. The van der Waals surface area contributed by atoms with Crippen LogP contribution in [0.4, 0.5) is 17.1 Å². The second-order valence-electron chi connectivity index (χ2n) is 16.5. The van der Waals surface area contributed by atoms with E-state index in [1.807, 2.05) is 0 Å². The second-order valence-corrected chi connectivity index (χ2v) is 16.5. The van der Waals surface area contributed by atoms with Gasteiger partial charge >= 0.3 is 0 Å². The zero-order chi connectivity index (χ0) is 40.0. The maximum absolute atomic E-state index is 6.72. The molecule has 60 heavy (non-hydrogen) atoms. The van der Waals surface area contributed by atoms with Crippen LogP contribution in [0.5, 0.6) is 0 Å². The molecule has 12 rings (SSSR count). The quantitative estimate of drug-likeness (QED) is 0.168. The maximum Gasteiger partial charge on any atom is 0.137 e. The minimum absolute atomic E-state index is 0.217. The van der Waals surface area contributed by atoms with Crippen molar-refractivity contribution in [2.45, 2.75) is 19.3 Å². The van der Waals surface area contributed by atoms with E-state index in [1.165, 1.54) is 60.9 Å². The molecule has 0 fully saturated rings. The molecule has 3 heteroatoms. The highest BCUT2D eigenvalue weighted by atomic mass is 16.3. The van der Waals surface area contributed by atoms with Crippen molar-refractivity contribution in [2.24, 2.45) is 0 Å². The Morgan fingerprint density at radius 1 is 0.433 bits per heavy atom. The average molecular weight is 769 g/mol. The van der Waals surface area contributed by atoms with E-state index >= 15 is 0 Å². The number of aromatic nitrogens is 1. The SMILES string of the molecule is CC1(C)c2ccccc2-c2cccc(N(c3ccc(-c4ccccc4)cc3)c3cccc4oc5ccc(-c6ccc7c8ccccc8n(-c8ccccc8)c7c6)cc5c34)c21. The van der Waals surface area contributed by atoms with E-state index in [0.29, 0.717) is 0 Å². The Labute approximate surface area is 349 Å². The molecule has 0 aliphatic heterocycles. The summed E-state index contributed by atoms with van der Waals surface area (Å²) >= 11 is 0. The van der Waals surface area contributed by atoms with Crippen molar-refractivity contribution in [1.29, 1.82) is 0 Å². The zero-order valence-corrected chi connectivity index (χ0v) is 33.4. The number of hydrogen-bond acceptors (Lipinski definition) is 2. The molecule has 0 amide bonds. The molecule has 0 radical (unpaired) electrons. The van der Waals surface area contributed by atoms with Gasteiger partial charge in [-0.1, -0.05) is 153 Å². The van der Waals surface area contributed by atoms with Crippen LogP contribution in [-0.2, 0) is 5.41 Å². The molecular weight excluding hydrogens is 729 g/mol. The molecule has 0 atom stereocenters. The van der Waals surface area contributed by atoms with Crippen molar-refractivity contribution >= 4 is 60.8 Å². The first-order chi connectivity index (χ1) is 29.5. The van der Waals surface area contributed by atoms with Crippen molar-refractivity contribution in [3.63, 3.8) is 0 Å². The third-order valence-corrected chi connectivity index (χ3v) is 12.8. The van der Waals surface area contributed by atoms with Crippen LogP contribution in [0, 0.1) is 0 Å². The molecule has 11 aromatic rings. The van der Waals surface area contributed by atoms with Gasteiger partial charge in [0.1, 0.15) is 11.2 Å². The van der Waals surface area contributed by atoms with E-state index < -0.39 is 0 Å². The number of hydrogen-bond donors (Lipinski definition) is 0. The van der Waals surface area contributed by atoms with Gasteiger partial charge in [-0.15, -0.1) is 0 Å². The molecule has 0 unspecified atom stereocenters. The van der Waals surface area contributed by atoms with E-state index in [2.05, 4.69) is 230 Å². The molecule has 0 bridgehead atoms. The van der Waals surface area contributed by atoms with Crippen LogP contribution in [0.15, 0.2) is 211 Å². The molecule has 284 valence electrons. The summed E-state index contributed by atoms with van der Waals surface area (Å²) in [6, 6.07) is 74.8. The Morgan fingerprint density at radius 3 is 1.92 bits per heavy atom. The topological polar surface area (TPSA) is 21.3 Å². The lowest BCUT2D eigenvalue weighted by Crippen LogP contribution is -2.20. The van der Waals surface area contributed by atoms with Gasteiger partial charge in [-0.3, -0.25) is 0 Å². The third kappa shape index (κ3) is 5.15. The number of nitrogens with zero attached hydrogens (tertiary/aromatic N) is 2. The fourth-order valence-corrected chi connectivity index (χ4v) is 10.0. The summed E-state index contributed by atoms with van der Waals surface area (Å²) in [5, 5.41) is 4.67. The van der Waals surface area contributed by atoms with Crippen molar-refractivity contribution in [2.75, 3.05) is 4.90 Å². The van der Waals surface area contributed by atoms with Gasteiger partial charge in [0.25, 0.3) is 0 Å². The predicted octanol–water partition coefficient (Wildman–Crippen LogP) is 15.8. The summed E-state index contributed by atoms with van der Waals surface area (Å²) in [4.78, 5) is 2.47. The highest BCUT2D eigenvalue weighted by Gasteiger charge is 2.39. The van der Waals surface area contributed by atoms with Crippen LogP contribution in [-0.4, -0.2) is 4.57 Å². The van der Waals surface area contributed by atoms with Gasteiger partial charge < -0.3 is 13.9 Å². The van der Waals surface area contributed by atoms with Crippen LogP contribution in [0.25, 0.3) is 82.8 Å². The Morgan fingerprint density at radius 2 is 1.07 bits per heavy atom. The van der Waals surface area contributed by atoms with Crippen LogP contribution in [0.3, 0.4) is 0 Å². The van der Waals surface area contributed by atoms with Gasteiger partial charge in [-0.05, 0) is 111 Å². The summed E-state index contributed by atoms with van der Waals surface area (Å²) in [7, 11) is 0. The summed E-state index contributed by atoms with van der Waals surface area (Å²) < 4.78 is 9.11. The molecule has 9 aromatic carbocycles. The van der Waals surface area contributed by atoms with Crippen molar-refractivity contribution in [3.05, 3.63) is 217 Å². The standard InChI is InChI=1S/C57H40N2O/c1-57(2)48-22-11-9-19-43(48)46-21-13-25-51(56(46)57)59(42-31-27-38(28-32-42)37-15-5-3-6-16-37)50-24-14-26-54-55(50)47-35-39(30-34-53(47)60-54)40-29-33-45-44-20-10-12-23-49(44)58(52(45)36-40)41-17-7-4-8-18-41/h3-36H,1-2H3. The maximum atomic E-state index is 6.72. The Balaban J connectivity index is 1.08. The summed E-state index contributed by atoms with van der Waals surface area (Å²) in [5.41, 5.74) is 18.3. The molecule has 1 aliphatic carbocycles. The Bertz CT molecular complexity index is 3450. The van der Waals surface area contributed by atoms with Crippen molar-refractivity contribution in [1.82, 2.24) is 4.57 Å². The molecular formula is C57H40N2O. The lowest BCUT2D eigenvalue weighted by Gasteiger charge is -2.32. The van der Waals surface area contributed by atoms with Crippen molar-refractivity contribution < 1.29 is 4.42 Å². The summed E-state index contributed by atoms with van der Waals surface area (Å²) in [6.07, 6.45) is 0. The fraction of sp³-hybridized carbons (Fsp3) is 0.0526. The number of anilines is 3. The molecule has 2 aromatic heterocycles. The first-order valence-corrected chi connectivity index (χ1v) is 20.8. The largest absolute Gasteiger partial charge is 0.456 e. The van der Waals surface area contributed by atoms with Gasteiger partial charge in [0.05, 0.1) is 27.8 Å². The smallest absolute Gasteiger partial charge is 0.137 e. The second kappa shape index (κ2) is 13.2. The molecule has 3 nitrogen and oxygen atoms in total. The summed E-state index contributed by atoms with van der Waals surface area (Å²) in [6.45, 7) is 4.73. The lowest BCUT2D eigenvalue weighted by atomic mass is 9.81. The monoisotopic (exact) mass is 768 g/mol. The minimum atomic E-state index is -0.217. The molecule has 1 aliphatic rings. The molecule has 0 N–H and O–H groups in total. The normalized spacial score (nSPS) is 13.0. The number of benzene rings is 9. The van der Waals surface area contributed by atoms with Crippen molar-refractivity contribution in [3.8, 4) is 39.1 Å². The van der Waals surface area contributed by atoms with Crippen LogP contribution in [0.2, 0.25) is 0 Å². The Kier molecular flexibility index (Phi) is 7.58. The number of fused-ring (bicyclic) bond motifs is 9. The zero-order valence-electron chi connectivity index (χ0n) is 33.4. The van der Waals surface area contributed by atoms with E-state index in [1.54, 1.807) is 0 Å². The van der Waals surface area contributed by atoms with Crippen LogP contribution >= 0.6 is 0 Å². The van der Waals surface area contributed by atoms with Crippen LogP contribution in [0.1, 0.15) is 25.0 Å². The predicted molar refractivity (Wildman–Crippen MR) is 251 cm³/mol.